The van der Waals surface area contributed by atoms with Crippen molar-refractivity contribution in [3.63, 3.8) is 0 Å². The Bertz CT molecular complexity index is 2280. The van der Waals surface area contributed by atoms with Crippen molar-refractivity contribution in [3.05, 3.63) is 113 Å². The van der Waals surface area contributed by atoms with Crippen LogP contribution in [0.2, 0.25) is 0 Å². The fraction of sp³-hybridized carbons (Fsp3) is 0.442. The minimum absolute atomic E-state index is 0.104. The van der Waals surface area contributed by atoms with Crippen LogP contribution < -0.4 is 0 Å². The number of rotatable bonds is 6. The predicted molar refractivity (Wildman–Crippen MR) is 223 cm³/mol. The van der Waals surface area contributed by atoms with Gasteiger partial charge in [0.25, 0.3) is 0 Å². The third-order valence-corrected chi connectivity index (χ3v) is 15.8. The molecule has 1 heterocycles. The molecule has 12 rings (SSSR count). The van der Waals surface area contributed by atoms with Crippen molar-refractivity contribution in [2.75, 3.05) is 0 Å². The van der Waals surface area contributed by atoms with Crippen LogP contribution in [0.5, 0.6) is 11.5 Å². The van der Waals surface area contributed by atoms with Gasteiger partial charge in [0, 0.05) is 27.8 Å². The van der Waals surface area contributed by atoms with E-state index in [1.165, 1.54) is 99.3 Å². The van der Waals surface area contributed by atoms with Crippen molar-refractivity contribution in [1.82, 2.24) is 4.98 Å². The second-order valence-corrected chi connectivity index (χ2v) is 19.4. The SMILES string of the molecule is Cc1cc(-c2ccccc2-c2cccc(-c3ccccc3-c3cc(C)cc(C45CC6CC(CC(C6)C4)C5)c3O)n2)c(O)c(C2CC3CC4CCC2C(C4)C3)c1. The number of hydrogen-bond acceptors (Lipinski definition) is 3. The Hall–Kier alpha value is -4.37. The molecule has 5 atom stereocenters. The summed E-state index contributed by atoms with van der Waals surface area (Å²) in [5.74, 6) is 7.09. The Kier molecular flexibility index (Phi) is 7.92. The maximum atomic E-state index is 12.3. The third-order valence-electron chi connectivity index (χ3n) is 15.8. The standard InChI is InChI=1S/C52H55NO2/c1-30-16-44(50(54)46(17-30)43-26-33-20-32-14-15-38(43)37(24-32)25-33)39-8-3-5-10-41(39)48-12-7-13-49(53-48)42-11-6-4-9-40(42)45-18-31(2)19-47(51(45)55)52-27-34-21-35(28-52)23-36(22-34)29-52/h3-13,16-19,32-38,43,54-55H,14-15,20-29H2,1-2H3. The third kappa shape index (κ3) is 5.61. The number of aromatic hydroxyl groups is 2. The van der Waals surface area contributed by atoms with Crippen molar-refractivity contribution >= 4 is 0 Å². The molecule has 0 spiro atoms. The highest BCUT2D eigenvalue weighted by Crippen LogP contribution is 2.63. The van der Waals surface area contributed by atoms with Gasteiger partial charge in [-0.2, -0.15) is 0 Å². The maximum Gasteiger partial charge on any atom is 0.127 e. The van der Waals surface area contributed by atoms with Gasteiger partial charge in [0.05, 0.1) is 11.4 Å². The van der Waals surface area contributed by atoms with Crippen molar-refractivity contribution in [2.24, 2.45) is 41.4 Å². The molecular weight excluding hydrogens is 671 g/mol. The highest BCUT2D eigenvalue weighted by Gasteiger charge is 2.53. The lowest BCUT2D eigenvalue weighted by atomic mass is 9.48. The molecule has 0 saturated heterocycles. The summed E-state index contributed by atoms with van der Waals surface area (Å²) in [7, 11) is 0. The van der Waals surface area contributed by atoms with E-state index in [1.807, 2.05) is 0 Å². The summed E-state index contributed by atoms with van der Waals surface area (Å²) in [5.41, 5.74) is 12.6. The Morgan fingerprint density at radius 1 is 0.509 bits per heavy atom. The largest absolute Gasteiger partial charge is 0.507 e. The van der Waals surface area contributed by atoms with Gasteiger partial charge in [0.15, 0.2) is 0 Å². The molecule has 55 heavy (non-hydrogen) atoms. The van der Waals surface area contributed by atoms with E-state index in [0.717, 1.165) is 80.3 Å². The number of aryl methyl sites for hydroxylation is 2. The van der Waals surface area contributed by atoms with Gasteiger partial charge in [-0.25, -0.2) is 4.98 Å². The molecule has 0 aliphatic heterocycles. The van der Waals surface area contributed by atoms with Crippen LogP contribution in [0.4, 0.5) is 0 Å². The van der Waals surface area contributed by atoms with E-state index in [-0.39, 0.29) is 5.41 Å². The lowest BCUT2D eigenvalue weighted by molar-refractivity contribution is -0.00612. The lowest BCUT2D eigenvalue weighted by Gasteiger charge is -2.57. The van der Waals surface area contributed by atoms with Crippen molar-refractivity contribution in [1.29, 1.82) is 0 Å². The molecule has 0 radical (unpaired) electrons. The molecule has 3 nitrogen and oxygen atoms in total. The first-order valence-corrected chi connectivity index (χ1v) is 21.6. The average molecular weight is 726 g/mol. The number of fused-ring (bicyclic) bond motifs is 2. The van der Waals surface area contributed by atoms with Gasteiger partial charge in [-0.15, -0.1) is 0 Å². The van der Waals surface area contributed by atoms with Gasteiger partial charge in [-0.3, -0.25) is 0 Å². The molecule has 7 bridgehead atoms. The van der Waals surface area contributed by atoms with Crippen LogP contribution >= 0.6 is 0 Å². The van der Waals surface area contributed by atoms with E-state index in [4.69, 9.17) is 4.98 Å². The number of pyridine rings is 1. The molecule has 7 fully saturated rings. The van der Waals surface area contributed by atoms with Crippen LogP contribution in [-0.2, 0) is 5.41 Å². The second-order valence-electron chi connectivity index (χ2n) is 19.4. The molecule has 280 valence electrons. The molecule has 7 aliphatic carbocycles. The monoisotopic (exact) mass is 725 g/mol. The van der Waals surface area contributed by atoms with Crippen molar-refractivity contribution in [2.45, 2.75) is 102 Å². The fourth-order valence-corrected chi connectivity index (χ4v) is 14.2. The topological polar surface area (TPSA) is 53.4 Å². The predicted octanol–water partition coefficient (Wildman–Crippen LogP) is 13.2. The number of phenolic OH excluding ortho intramolecular Hbond substituents is 2. The van der Waals surface area contributed by atoms with Crippen LogP contribution in [0.15, 0.2) is 91.0 Å². The Balaban J connectivity index is 0.977. The molecule has 2 N–H and O–H groups in total. The number of hydrogen-bond donors (Lipinski definition) is 2. The van der Waals surface area contributed by atoms with Gasteiger partial charge in [-0.05, 0) is 189 Å². The van der Waals surface area contributed by atoms with E-state index in [1.54, 1.807) is 0 Å². The zero-order valence-electron chi connectivity index (χ0n) is 32.6. The van der Waals surface area contributed by atoms with E-state index in [9.17, 15) is 10.2 Å². The van der Waals surface area contributed by atoms with Gasteiger partial charge >= 0.3 is 0 Å². The molecular formula is C52H55NO2. The first-order valence-electron chi connectivity index (χ1n) is 21.6. The van der Waals surface area contributed by atoms with Crippen LogP contribution in [0.1, 0.15) is 105 Å². The summed E-state index contributed by atoms with van der Waals surface area (Å²) < 4.78 is 0. The molecule has 5 unspecified atom stereocenters. The first-order chi connectivity index (χ1) is 26.8. The number of benzene rings is 4. The lowest BCUT2D eigenvalue weighted by Crippen LogP contribution is -2.48. The van der Waals surface area contributed by atoms with Crippen molar-refractivity contribution < 1.29 is 10.2 Å². The van der Waals surface area contributed by atoms with Gasteiger partial charge < -0.3 is 10.2 Å². The zero-order valence-corrected chi connectivity index (χ0v) is 32.6. The fourth-order valence-electron chi connectivity index (χ4n) is 14.2. The first kappa shape index (κ1) is 33.9. The highest BCUT2D eigenvalue weighted by atomic mass is 16.3. The van der Waals surface area contributed by atoms with Crippen LogP contribution in [0.25, 0.3) is 44.8 Å². The zero-order chi connectivity index (χ0) is 37.0. The number of aromatic nitrogens is 1. The van der Waals surface area contributed by atoms with Crippen LogP contribution in [0.3, 0.4) is 0 Å². The minimum Gasteiger partial charge on any atom is -0.507 e. The van der Waals surface area contributed by atoms with E-state index < -0.39 is 0 Å². The van der Waals surface area contributed by atoms with E-state index in [2.05, 4.69) is 105 Å². The van der Waals surface area contributed by atoms with E-state index in [0.29, 0.717) is 23.3 Å². The second kappa shape index (κ2) is 12.8. The summed E-state index contributed by atoms with van der Waals surface area (Å²) >= 11 is 0. The molecule has 4 aromatic carbocycles. The van der Waals surface area contributed by atoms with Gasteiger partial charge in [-0.1, -0.05) is 73.2 Å². The number of phenols is 2. The quantitative estimate of drug-likeness (QED) is 0.183. The summed E-state index contributed by atoms with van der Waals surface area (Å²) in [6.45, 7) is 4.39. The molecule has 5 aromatic rings. The minimum atomic E-state index is 0.104. The Morgan fingerprint density at radius 2 is 1.05 bits per heavy atom. The smallest absolute Gasteiger partial charge is 0.127 e. The number of nitrogens with zero attached hydrogens (tertiary/aromatic N) is 1. The maximum absolute atomic E-state index is 12.3. The molecule has 7 aliphatic rings. The highest BCUT2D eigenvalue weighted by molar-refractivity contribution is 5.89. The van der Waals surface area contributed by atoms with E-state index >= 15 is 0 Å². The Morgan fingerprint density at radius 3 is 1.69 bits per heavy atom. The average Bonchev–Trinajstić information content (AvgIpc) is 3.18. The summed E-state index contributed by atoms with van der Waals surface area (Å²) in [4.78, 5) is 5.38. The summed E-state index contributed by atoms with van der Waals surface area (Å²) in [5, 5.41) is 24.6. The molecule has 0 amide bonds. The molecule has 3 heteroatoms. The van der Waals surface area contributed by atoms with Crippen LogP contribution in [0, 0.1) is 55.3 Å². The summed E-state index contributed by atoms with van der Waals surface area (Å²) in [6.07, 6.45) is 15.9. The van der Waals surface area contributed by atoms with Crippen molar-refractivity contribution in [3.8, 4) is 56.3 Å². The molecule has 7 saturated carbocycles. The molecule has 1 aromatic heterocycles. The van der Waals surface area contributed by atoms with Gasteiger partial charge in [0.1, 0.15) is 11.5 Å². The van der Waals surface area contributed by atoms with Crippen LogP contribution in [-0.4, -0.2) is 15.2 Å². The summed E-state index contributed by atoms with van der Waals surface area (Å²) in [6, 6.07) is 32.3. The Labute approximate surface area is 327 Å². The normalized spacial score (nSPS) is 31.5. The van der Waals surface area contributed by atoms with Gasteiger partial charge in [0.2, 0.25) is 0 Å².